The Morgan fingerprint density at radius 2 is 1.97 bits per heavy atom. The Morgan fingerprint density at radius 3 is 2.74 bits per heavy atom. The molecule has 1 aromatic carbocycles. The first-order chi connectivity index (χ1) is 16.9. The highest BCUT2D eigenvalue weighted by atomic mass is 32.1. The van der Waals surface area contributed by atoms with Crippen LogP contribution in [0.15, 0.2) is 47.8 Å². The van der Waals surface area contributed by atoms with Crippen LogP contribution in [0.2, 0.25) is 0 Å². The van der Waals surface area contributed by atoms with Crippen LogP contribution in [0.5, 0.6) is 5.75 Å². The molecule has 2 N–H and O–H groups in total. The average Bonchev–Trinajstić information content (AvgIpc) is 3.38. The van der Waals surface area contributed by atoms with E-state index in [4.69, 9.17) is 14.2 Å². The number of carbonyl (C=O) groups excluding carboxylic acids is 1. The topological polar surface area (TPSA) is 77.0 Å². The van der Waals surface area contributed by atoms with Crippen molar-refractivity contribution in [2.75, 3.05) is 13.2 Å². The SMILES string of the molecule is CC12COC(COc3ccccc3)OC1CCC1(C)C(CC(=O)NCc3cccs3)C(O)CCC21. The van der Waals surface area contributed by atoms with Crippen LogP contribution in [0.25, 0.3) is 0 Å². The van der Waals surface area contributed by atoms with Gasteiger partial charge in [-0.1, -0.05) is 38.1 Å². The fourth-order valence-corrected chi connectivity index (χ4v) is 7.57. The van der Waals surface area contributed by atoms with Crippen LogP contribution in [0.3, 0.4) is 0 Å². The second-order valence-electron chi connectivity index (χ2n) is 10.9. The summed E-state index contributed by atoms with van der Waals surface area (Å²) in [5.41, 5.74) is -0.286. The molecular weight excluding hydrogens is 462 g/mol. The Kier molecular flexibility index (Phi) is 7.22. The largest absolute Gasteiger partial charge is 0.488 e. The number of benzene rings is 1. The monoisotopic (exact) mass is 499 g/mol. The molecule has 2 aromatic rings. The molecule has 0 spiro atoms. The van der Waals surface area contributed by atoms with Gasteiger partial charge in [0.25, 0.3) is 0 Å². The number of nitrogens with one attached hydrogen (secondary N) is 1. The predicted molar refractivity (Wildman–Crippen MR) is 135 cm³/mol. The van der Waals surface area contributed by atoms with E-state index in [0.29, 0.717) is 38.5 Å². The third-order valence-corrected chi connectivity index (χ3v) is 9.68. The minimum Gasteiger partial charge on any atom is -0.488 e. The van der Waals surface area contributed by atoms with Crippen LogP contribution in [0.4, 0.5) is 0 Å². The summed E-state index contributed by atoms with van der Waals surface area (Å²) in [7, 11) is 0. The fraction of sp³-hybridized carbons (Fsp3) is 0.607. The van der Waals surface area contributed by atoms with E-state index in [-0.39, 0.29) is 35.0 Å². The van der Waals surface area contributed by atoms with Gasteiger partial charge in [0.2, 0.25) is 5.91 Å². The van der Waals surface area contributed by atoms with Crippen LogP contribution >= 0.6 is 11.3 Å². The third kappa shape index (κ3) is 5.01. The Hall–Kier alpha value is -1.93. The molecule has 0 bridgehead atoms. The molecule has 2 heterocycles. The van der Waals surface area contributed by atoms with Crippen molar-refractivity contribution in [1.82, 2.24) is 5.32 Å². The number of thiophene rings is 1. The van der Waals surface area contributed by atoms with Crippen LogP contribution < -0.4 is 10.1 Å². The van der Waals surface area contributed by atoms with Gasteiger partial charge in [-0.2, -0.15) is 0 Å². The normalized spacial score (nSPS) is 36.6. The lowest BCUT2D eigenvalue weighted by molar-refractivity contribution is -0.313. The molecule has 35 heavy (non-hydrogen) atoms. The third-order valence-electron chi connectivity index (χ3n) is 8.81. The highest BCUT2D eigenvalue weighted by Crippen LogP contribution is 2.62. The maximum Gasteiger partial charge on any atom is 0.220 e. The van der Waals surface area contributed by atoms with Crippen LogP contribution in [-0.2, 0) is 20.8 Å². The molecular formula is C28H37NO5S. The molecule has 1 aromatic heterocycles. The van der Waals surface area contributed by atoms with E-state index in [1.807, 2.05) is 47.8 Å². The lowest BCUT2D eigenvalue weighted by atomic mass is 9.46. The van der Waals surface area contributed by atoms with E-state index in [2.05, 4.69) is 19.2 Å². The molecule has 1 amide bonds. The molecule has 2 saturated carbocycles. The minimum absolute atomic E-state index is 0.0193. The molecule has 7 atom stereocenters. The van der Waals surface area contributed by atoms with Gasteiger partial charge < -0.3 is 24.6 Å². The maximum atomic E-state index is 12.9. The van der Waals surface area contributed by atoms with Gasteiger partial charge in [-0.3, -0.25) is 4.79 Å². The molecule has 7 heteroatoms. The number of rotatable bonds is 7. The Balaban J connectivity index is 1.23. The van der Waals surface area contributed by atoms with Crippen molar-refractivity contribution in [2.45, 2.75) is 71.0 Å². The highest BCUT2D eigenvalue weighted by Gasteiger charge is 2.61. The van der Waals surface area contributed by atoms with E-state index in [1.165, 1.54) is 0 Å². The van der Waals surface area contributed by atoms with Gasteiger partial charge in [-0.25, -0.2) is 0 Å². The molecule has 1 saturated heterocycles. The zero-order valence-electron chi connectivity index (χ0n) is 20.7. The van der Waals surface area contributed by atoms with Gasteiger partial charge in [0, 0.05) is 16.7 Å². The number of fused-ring (bicyclic) bond motifs is 3. The number of hydrogen-bond acceptors (Lipinski definition) is 6. The van der Waals surface area contributed by atoms with Gasteiger partial charge >= 0.3 is 0 Å². The van der Waals surface area contributed by atoms with Crippen LogP contribution in [0.1, 0.15) is 50.8 Å². The maximum absolute atomic E-state index is 12.9. The van der Waals surface area contributed by atoms with Gasteiger partial charge in [-0.15, -0.1) is 11.3 Å². The van der Waals surface area contributed by atoms with E-state index >= 15 is 0 Å². The van der Waals surface area contributed by atoms with Crippen molar-refractivity contribution >= 4 is 17.2 Å². The summed E-state index contributed by atoms with van der Waals surface area (Å²) in [6, 6.07) is 13.8. The smallest absolute Gasteiger partial charge is 0.220 e. The Morgan fingerprint density at radius 1 is 1.14 bits per heavy atom. The predicted octanol–water partition coefficient (Wildman–Crippen LogP) is 4.77. The lowest BCUT2D eigenvalue weighted by Crippen LogP contribution is -2.63. The number of para-hydroxylation sites is 1. The molecule has 1 aliphatic heterocycles. The average molecular weight is 500 g/mol. The molecule has 190 valence electrons. The summed E-state index contributed by atoms with van der Waals surface area (Å²) in [5, 5.41) is 16.1. The molecule has 3 fully saturated rings. The zero-order valence-corrected chi connectivity index (χ0v) is 21.5. The molecule has 6 nitrogen and oxygen atoms in total. The first kappa shape index (κ1) is 24.8. The van der Waals surface area contributed by atoms with Crippen molar-refractivity contribution in [3.8, 4) is 5.75 Å². The molecule has 0 radical (unpaired) electrons. The number of aliphatic hydroxyl groups is 1. The highest BCUT2D eigenvalue weighted by molar-refractivity contribution is 7.09. The van der Waals surface area contributed by atoms with Gasteiger partial charge in [0.05, 0.1) is 25.4 Å². The van der Waals surface area contributed by atoms with Crippen LogP contribution in [0, 0.1) is 22.7 Å². The first-order valence-corrected chi connectivity index (χ1v) is 13.7. The number of ether oxygens (including phenoxy) is 3. The quantitative estimate of drug-likeness (QED) is 0.574. The molecule has 7 unspecified atom stereocenters. The standard InChI is InChI=1S/C28H37NO5S/c1-27-13-12-24-28(2,18-33-26(34-24)17-32-19-7-4-3-5-8-19)23(27)11-10-22(30)21(27)15-25(31)29-16-20-9-6-14-35-20/h3-9,14,21-24,26,30H,10-13,15-18H2,1-2H3,(H,29,31). The van der Waals surface area contributed by atoms with Crippen molar-refractivity contribution in [2.24, 2.45) is 22.7 Å². The lowest BCUT2D eigenvalue weighted by Gasteiger charge is -2.62. The Labute approximate surface area is 212 Å². The number of hydrogen-bond donors (Lipinski definition) is 2. The first-order valence-electron chi connectivity index (χ1n) is 12.8. The van der Waals surface area contributed by atoms with E-state index < -0.39 is 6.10 Å². The number of aliphatic hydroxyl groups excluding tert-OH is 1. The summed E-state index contributed by atoms with van der Waals surface area (Å²) in [6.07, 6.45) is 3.07. The van der Waals surface area contributed by atoms with E-state index in [0.717, 1.165) is 29.9 Å². The van der Waals surface area contributed by atoms with Gasteiger partial charge in [-0.05, 0) is 66.5 Å². The van der Waals surface area contributed by atoms with Crippen molar-refractivity contribution < 1.29 is 24.1 Å². The summed E-state index contributed by atoms with van der Waals surface area (Å²) >= 11 is 1.64. The van der Waals surface area contributed by atoms with Crippen molar-refractivity contribution in [1.29, 1.82) is 0 Å². The summed E-state index contributed by atoms with van der Waals surface area (Å²) in [6.45, 7) is 6.08. The summed E-state index contributed by atoms with van der Waals surface area (Å²) < 4.78 is 18.5. The molecule has 5 rings (SSSR count). The number of amides is 1. The molecule has 3 aliphatic rings. The Bertz CT molecular complexity index is 984. The van der Waals surface area contributed by atoms with E-state index in [9.17, 15) is 9.90 Å². The van der Waals surface area contributed by atoms with Crippen molar-refractivity contribution in [3.05, 3.63) is 52.7 Å². The summed E-state index contributed by atoms with van der Waals surface area (Å²) in [4.78, 5) is 14.0. The zero-order chi connectivity index (χ0) is 24.5. The fourth-order valence-electron chi connectivity index (χ4n) is 6.93. The van der Waals surface area contributed by atoms with Crippen LogP contribution in [-0.4, -0.2) is 42.7 Å². The van der Waals surface area contributed by atoms with Gasteiger partial charge in [0.1, 0.15) is 12.4 Å². The molecule has 2 aliphatic carbocycles. The number of carbonyl (C=O) groups is 1. The summed E-state index contributed by atoms with van der Waals surface area (Å²) in [5.74, 6) is 1.08. The second-order valence-corrected chi connectivity index (χ2v) is 11.9. The van der Waals surface area contributed by atoms with Gasteiger partial charge in [0.15, 0.2) is 6.29 Å². The minimum atomic E-state index is -0.457. The van der Waals surface area contributed by atoms with Crippen molar-refractivity contribution in [3.63, 3.8) is 0 Å². The van der Waals surface area contributed by atoms with E-state index in [1.54, 1.807) is 11.3 Å². The second kappa shape index (κ2) is 10.2.